The number of hydrogen-bond donors (Lipinski definition) is 2. The largest absolute Gasteiger partial charge is 0.546 e. The molecule has 0 unspecified atom stereocenters. The van der Waals surface area contributed by atoms with E-state index in [1.807, 2.05) is 0 Å². The molecular formula is C23H19N2O5-. The van der Waals surface area contributed by atoms with Gasteiger partial charge in [0.25, 0.3) is 5.91 Å². The van der Waals surface area contributed by atoms with Crippen LogP contribution in [0.1, 0.15) is 16.7 Å². The highest BCUT2D eigenvalue weighted by Gasteiger charge is 2.39. The van der Waals surface area contributed by atoms with Crippen LogP contribution in [-0.2, 0) is 15.2 Å². The fourth-order valence-electron chi connectivity index (χ4n) is 2.83. The zero-order valence-corrected chi connectivity index (χ0v) is 15.9. The molecule has 1 amide bonds. The third-order valence-electron chi connectivity index (χ3n) is 4.33. The Morgan fingerprint density at radius 3 is 1.97 bits per heavy atom. The number of hydrazone groups is 1. The van der Waals surface area contributed by atoms with Gasteiger partial charge in [0.15, 0.2) is 5.60 Å². The summed E-state index contributed by atoms with van der Waals surface area (Å²) in [6.07, 6.45) is 1.40. The summed E-state index contributed by atoms with van der Waals surface area (Å²) in [6.45, 7) is -0.541. The first-order valence-electron chi connectivity index (χ1n) is 9.10. The van der Waals surface area contributed by atoms with Crippen molar-refractivity contribution in [2.45, 2.75) is 5.60 Å². The van der Waals surface area contributed by atoms with E-state index in [0.717, 1.165) is 0 Å². The van der Waals surface area contributed by atoms with Gasteiger partial charge in [-0.2, -0.15) is 5.10 Å². The average molecular weight is 403 g/mol. The topological polar surface area (TPSA) is 111 Å². The molecule has 3 aromatic rings. The molecule has 0 aliphatic heterocycles. The molecule has 0 atom stereocenters. The maximum absolute atomic E-state index is 12.9. The van der Waals surface area contributed by atoms with E-state index >= 15 is 0 Å². The van der Waals surface area contributed by atoms with Gasteiger partial charge >= 0.3 is 0 Å². The lowest BCUT2D eigenvalue weighted by Crippen LogP contribution is -2.43. The summed E-state index contributed by atoms with van der Waals surface area (Å²) in [5.74, 6) is -1.65. The van der Waals surface area contributed by atoms with Gasteiger partial charge < -0.3 is 19.7 Å². The molecule has 0 aliphatic rings. The first-order chi connectivity index (χ1) is 14.5. The Labute approximate surface area is 173 Å². The molecule has 0 spiro atoms. The molecule has 152 valence electrons. The third kappa shape index (κ3) is 4.89. The van der Waals surface area contributed by atoms with E-state index in [1.165, 1.54) is 6.21 Å². The van der Waals surface area contributed by atoms with Crippen LogP contribution in [-0.4, -0.2) is 29.8 Å². The number of carbonyl (C=O) groups excluding carboxylic acids is 2. The number of nitrogens with one attached hydrogen (secondary N) is 1. The monoisotopic (exact) mass is 403 g/mol. The maximum Gasteiger partial charge on any atom is 0.281 e. The second-order valence-corrected chi connectivity index (χ2v) is 6.37. The number of amides is 1. The fraction of sp³-hybridized carbons (Fsp3) is 0.0870. The van der Waals surface area contributed by atoms with E-state index in [4.69, 9.17) is 4.74 Å². The zero-order valence-electron chi connectivity index (χ0n) is 15.9. The van der Waals surface area contributed by atoms with Crippen molar-refractivity contribution in [1.29, 1.82) is 0 Å². The van der Waals surface area contributed by atoms with Crippen LogP contribution in [0.2, 0.25) is 0 Å². The van der Waals surface area contributed by atoms with Gasteiger partial charge in [-0.3, -0.25) is 4.79 Å². The van der Waals surface area contributed by atoms with Crippen molar-refractivity contribution >= 4 is 18.1 Å². The van der Waals surface area contributed by atoms with Crippen molar-refractivity contribution in [3.8, 4) is 5.75 Å². The summed E-state index contributed by atoms with van der Waals surface area (Å²) in [6, 6.07) is 23.6. The average Bonchev–Trinajstić information content (AvgIpc) is 2.79. The standard InChI is InChI=1S/C23H20N2O5/c26-21(27)16-30-20-13-11-17(12-14-20)15-24-25-22(28)23(29,18-7-3-1-4-8-18)19-9-5-2-6-10-19/h1-15,29H,16H2,(H,25,28)(H,26,27)/p-1. The van der Waals surface area contributed by atoms with Crippen LogP contribution in [0.3, 0.4) is 0 Å². The summed E-state index contributed by atoms with van der Waals surface area (Å²) in [4.78, 5) is 23.3. The fourth-order valence-corrected chi connectivity index (χ4v) is 2.83. The Balaban J connectivity index is 1.74. The molecule has 0 bridgehead atoms. The molecule has 0 radical (unpaired) electrons. The molecule has 7 heteroatoms. The van der Waals surface area contributed by atoms with Gasteiger partial charge in [-0.05, 0) is 41.0 Å². The van der Waals surface area contributed by atoms with Gasteiger partial charge in [-0.1, -0.05) is 60.7 Å². The van der Waals surface area contributed by atoms with Crippen LogP contribution in [0, 0.1) is 0 Å². The van der Waals surface area contributed by atoms with Crippen LogP contribution in [0.15, 0.2) is 90.0 Å². The van der Waals surface area contributed by atoms with Crippen LogP contribution in [0.4, 0.5) is 0 Å². The molecule has 0 aliphatic carbocycles. The van der Waals surface area contributed by atoms with E-state index in [0.29, 0.717) is 22.4 Å². The minimum absolute atomic E-state index is 0.364. The predicted octanol–water partition coefficient (Wildman–Crippen LogP) is 1.20. The van der Waals surface area contributed by atoms with Gasteiger partial charge in [0.2, 0.25) is 0 Å². The Morgan fingerprint density at radius 2 is 1.47 bits per heavy atom. The van der Waals surface area contributed by atoms with E-state index < -0.39 is 24.1 Å². The van der Waals surface area contributed by atoms with E-state index in [2.05, 4.69) is 10.5 Å². The highest BCUT2D eigenvalue weighted by atomic mass is 16.5. The van der Waals surface area contributed by atoms with E-state index in [1.54, 1.807) is 84.9 Å². The normalized spacial score (nSPS) is 11.2. The first-order valence-corrected chi connectivity index (χ1v) is 9.10. The lowest BCUT2D eigenvalue weighted by Gasteiger charge is -2.27. The van der Waals surface area contributed by atoms with Crippen LogP contribution >= 0.6 is 0 Å². The number of nitrogens with zero attached hydrogens (tertiary/aromatic N) is 1. The number of aliphatic carboxylic acids is 1. The SMILES string of the molecule is O=C([O-])COc1ccc(C=NNC(=O)C(O)(c2ccccc2)c2ccccc2)cc1. The van der Waals surface area contributed by atoms with Crippen molar-refractivity contribution < 1.29 is 24.5 Å². The number of carboxylic acid groups (broad SMARTS) is 1. The molecule has 3 rings (SSSR count). The molecule has 0 saturated heterocycles. The molecule has 7 nitrogen and oxygen atoms in total. The van der Waals surface area contributed by atoms with Crippen LogP contribution in [0.5, 0.6) is 5.75 Å². The molecule has 0 fully saturated rings. The summed E-state index contributed by atoms with van der Waals surface area (Å²) in [5.41, 5.74) is 1.94. The molecule has 30 heavy (non-hydrogen) atoms. The number of rotatable bonds is 8. The van der Waals surface area contributed by atoms with Crippen molar-refractivity contribution in [2.75, 3.05) is 6.61 Å². The minimum Gasteiger partial charge on any atom is -0.546 e. The molecule has 2 N–H and O–H groups in total. The summed E-state index contributed by atoms with van der Waals surface area (Å²) >= 11 is 0. The summed E-state index contributed by atoms with van der Waals surface area (Å²) < 4.78 is 5.00. The number of carbonyl (C=O) groups is 2. The third-order valence-corrected chi connectivity index (χ3v) is 4.33. The van der Waals surface area contributed by atoms with Crippen molar-refractivity contribution in [3.63, 3.8) is 0 Å². The van der Waals surface area contributed by atoms with Crippen LogP contribution in [0.25, 0.3) is 0 Å². The second kappa shape index (κ2) is 9.49. The number of ether oxygens (including phenoxy) is 1. The molecule has 0 aromatic heterocycles. The Kier molecular flexibility index (Phi) is 6.56. The lowest BCUT2D eigenvalue weighted by molar-refractivity contribution is -0.307. The number of carboxylic acids is 1. The van der Waals surface area contributed by atoms with E-state index in [9.17, 15) is 19.8 Å². The number of hydrogen-bond acceptors (Lipinski definition) is 6. The molecule has 3 aromatic carbocycles. The predicted molar refractivity (Wildman–Crippen MR) is 109 cm³/mol. The van der Waals surface area contributed by atoms with E-state index in [-0.39, 0.29) is 0 Å². The molecular weight excluding hydrogens is 384 g/mol. The highest BCUT2D eigenvalue weighted by molar-refractivity contribution is 5.91. The van der Waals surface area contributed by atoms with Crippen molar-refractivity contribution in [3.05, 3.63) is 102 Å². The molecule has 0 heterocycles. The quantitative estimate of drug-likeness (QED) is 0.434. The van der Waals surface area contributed by atoms with Crippen molar-refractivity contribution in [1.82, 2.24) is 5.43 Å². The smallest absolute Gasteiger partial charge is 0.281 e. The summed E-state index contributed by atoms with van der Waals surface area (Å²) in [5, 5.41) is 25.7. The number of aliphatic hydroxyl groups is 1. The lowest BCUT2D eigenvalue weighted by atomic mass is 9.85. The van der Waals surface area contributed by atoms with Gasteiger partial charge in [-0.15, -0.1) is 0 Å². The number of benzene rings is 3. The van der Waals surface area contributed by atoms with Gasteiger partial charge in [0.05, 0.1) is 12.2 Å². The second-order valence-electron chi connectivity index (χ2n) is 6.37. The van der Waals surface area contributed by atoms with Gasteiger partial charge in [0.1, 0.15) is 12.4 Å². The first kappa shape index (κ1) is 20.8. The Morgan fingerprint density at radius 1 is 0.933 bits per heavy atom. The maximum atomic E-state index is 12.9. The highest BCUT2D eigenvalue weighted by Crippen LogP contribution is 2.29. The Hall–Kier alpha value is -3.97. The van der Waals surface area contributed by atoms with Crippen molar-refractivity contribution in [2.24, 2.45) is 5.10 Å². The summed E-state index contributed by atoms with van der Waals surface area (Å²) in [7, 11) is 0. The van der Waals surface area contributed by atoms with Gasteiger partial charge in [-0.25, -0.2) is 5.43 Å². The minimum atomic E-state index is -1.91. The Bertz CT molecular complexity index is 979. The van der Waals surface area contributed by atoms with Gasteiger partial charge in [0, 0.05) is 0 Å². The molecule has 0 saturated carbocycles. The van der Waals surface area contributed by atoms with Crippen LogP contribution < -0.4 is 15.3 Å². The zero-order chi connectivity index (χ0) is 21.4.